The minimum atomic E-state index is 0.728. The molecule has 5 nitrogen and oxygen atoms in total. The molecule has 0 bridgehead atoms. The van der Waals surface area contributed by atoms with Crippen molar-refractivity contribution >= 4 is 5.95 Å². The van der Waals surface area contributed by atoms with Gasteiger partial charge in [-0.1, -0.05) is 0 Å². The van der Waals surface area contributed by atoms with Crippen LogP contribution in [0.1, 0.15) is 11.1 Å². The van der Waals surface area contributed by atoms with Gasteiger partial charge in [0.2, 0.25) is 5.95 Å². The van der Waals surface area contributed by atoms with Gasteiger partial charge in [-0.15, -0.1) is 0 Å². The van der Waals surface area contributed by atoms with Crippen LogP contribution < -0.4 is 10.2 Å². The smallest absolute Gasteiger partial charge is 0.225 e. The fraction of sp³-hybridized carbons (Fsp3) is 0.308. The Labute approximate surface area is 107 Å². The van der Waals surface area contributed by atoms with Gasteiger partial charge in [0.05, 0.1) is 0 Å². The van der Waals surface area contributed by atoms with Crippen LogP contribution in [0, 0.1) is 0 Å². The standard InChI is InChI=1S/C13H17N5/c1-14-7-12-8-16-13(17-9-12)18(2)10-11-3-5-15-6-4-11/h3-6,8-9,14H,7,10H2,1-2H3. The first-order valence-corrected chi connectivity index (χ1v) is 5.85. The molecule has 0 spiro atoms. The second-order valence-electron chi connectivity index (χ2n) is 4.13. The first kappa shape index (κ1) is 12.4. The molecule has 0 unspecified atom stereocenters. The molecule has 0 saturated carbocycles. The molecule has 0 aromatic carbocycles. The predicted molar refractivity (Wildman–Crippen MR) is 71.1 cm³/mol. The summed E-state index contributed by atoms with van der Waals surface area (Å²) in [6.45, 7) is 1.56. The number of hydrogen-bond acceptors (Lipinski definition) is 5. The Bertz CT molecular complexity index is 469. The van der Waals surface area contributed by atoms with E-state index in [1.807, 2.05) is 43.5 Å². The van der Waals surface area contributed by atoms with E-state index in [0.717, 1.165) is 24.6 Å². The van der Waals surface area contributed by atoms with Crippen molar-refractivity contribution in [3.8, 4) is 0 Å². The second-order valence-corrected chi connectivity index (χ2v) is 4.13. The summed E-state index contributed by atoms with van der Waals surface area (Å²) in [7, 11) is 3.89. The Kier molecular flexibility index (Phi) is 4.20. The third-order valence-corrected chi connectivity index (χ3v) is 2.58. The van der Waals surface area contributed by atoms with Gasteiger partial charge in [-0.25, -0.2) is 9.97 Å². The SMILES string of the molecule is CNCc1cnc(N(C)Cc2ccncc2)nc1. The maximum atomic E-state index is 4.35. The van der Waals surface area contributed by atoms with Crippen molar-refractivity contribution in [1.82, 2.24) is 20.3 Å². The molecule has 2 aromatic heterocycles. The summed E-state index contributed by atoms with van der Waals surface area (Å²) in [5.41, 5.74) is 2.27. The number of aromatic nitrogens is 3. The lowest BCUT2D eigenvalue weighted by Crippen LogP contribution is -2.19. The highest BCUT2D eigenvalue weighted by atomic mass is 15.2. The normalized spacial score (nSPS) is 10.3. The number of anilines is 1. The van der Waals surface area contributed by atoms with E-state index in [9.17, 15) is 0 Å². The summed E-state index contributed by atoms with van der Waals surface area (Å²) in [6.07, 6.45) is 7.28. The van der Waals surface area contributed by atoms with Crippen molar-refractivity contribution < 1.29 is 0 Å². The van der Waals surface area contributed by atoms with Gasteiger partial charge in [0.1, 0.15) is 0 Å². The molecule has 0 amide bonds. The first-order valence-electron chi connectivity index (χ1n) is 5.85. The molecule has 0 saturated heterocycles. The van der Waals surface area contributed by atoms with E-state index in [-0.39, 0.29) is 0 Å². The third kappa shape index (κ3) is 3.24. The molecule has 2 heterocycles. The van der Waals surface area contributed by atoms with Crippen LogP contribution in [0.25, 0.3) is 0 Å². The zero-order valence-corrected chi connectivity index (χ0v) is 10.7. The van der Waals surface area contributed by atoms with Crippen LogP contribution in [-0.4, -0.2) is 29.0 Å². The molecule has 0 fully saturated rings. The molecular formula is C13H17N5. The summed E-state index contributed by atoms with van der Waals surface area (Å²) in [6, 6.07) is 3.98. The molecule has 0 radical (unpaired) electrons. The predicted octanol–water partition coefficient (Wildman–Crippen LogP) is 1.23. The molecule has 2 rings (SSSR count). The molecule has 1 N–H and O–H groups in total. The molecule has 0 aliphatic heterocycles. The number of nitrogens with one attached hydrogen (secondary N) is 1. The first-order chi connectivity index (χ1) is 8.79. The van der Waals surface area contributed by atoms with Crippen molar-refractivity contribution in [2.75, 3.05) is 19.0 Å². The van der Waals surface area contributed by atoms with Crippen LogP contribution in [-0.2, 0) is 13.1 Å². The zero-order valence-electron chi connectivity index (χ0n) is 10.7. The Hall–Kier alpha value is -2.01. The van der Waals surface area contributed by atoms with Gasteiger partial charge >= 0.3 is 0 Å². The van der Waals surface area contributed by atoms with Crippen LogP contribution in [0.5, 0.6) is 0 Å². The van der Waals surface area contributed by atoms with Gasteiger partial charge in [-0.2, -0.15) is 0 Å². The fourth-order valence-electron chi connectivity index (χ4n) is 1.67. The van der Waals surface area contributed by atoms with Gasteiger partial charge in [0.15, 0.2) is 0 Å². The minimum absolute atomic E-state index is 0.728. The largest absolute Gasteiger partial charge is 0.340 e. The monoisotopic (exact) mass is 243 g/mol. The highest BCUT2D eigenvalue weighted by Gasteiger charge is 2.04. The van der Waals surface area contributed by atoms with Gasteiger partial charge in [0, 0.05) is 50.5 Å². The lowest BCUT2D eigenvalue weighted by Gasteiger charge is -2.16. The fourth-order valence-corrected chi connectivity index (χ4v) is 1.67. The number of nitrogens with zero attached hydrogens (tertiary/aromatic N) is 4. The average molecular weight is 243 g/mol. The molecule has 0 aliphatic rings. The number of rotatable bonds is 5. The Morgan fingerprint density at radius 3 is 2.39 bits per heavy atom. The summed E-state index contributed by atoms with van der Waals surface area (Å²) in [5, 5.41) is 3.07. The lowest BCUT2D eigenvalue weighted by molar-refractivity contribution is 0.797. The van der Waals surface area contributed by atoms with Gasteiger partial charge < -0.3 is 10.2 Å². The van der Waals surface area contributed by atoms with E-state index in [4.69, 9.17) is 0 Å². The maximum Gasteiger partial charge on any atom is 0.225 e. The molecule has 18 heavy (non-hydrogen) atoms. The van der Waals surface area contributed by atoms with Crippen molar-refractivity contribution in [2.45, 2.75) is 13.1 Å². The number of hydrogen-bond donors (Lipinski definition) is 1. The third-order valence-electron chi connectivity index (χ3n) is 2.58. The highest BCUT2D eigenvalue weighted by Crippen LogP contribution is 2.09. The molecular weight excluding hydrogens is 226 g/mol. The van der Waals surface area contributed by atoms with Crippen molar-refractivity contribution in [3.05, 3.63) is 48.0 Å². The molecule has 5 heteroatoms. The molecule has 0 aliphatic carbocycles. The highest BCUT2D eigenvalue weighted by molar-refractivity contribution is 5.30. The van der Waals surface area contributed by atoms with Crippen LogP contribution in [0.4, 0.5) is 5.95 Å². The molecule has 94 valence electrons. The van der Waals surface area contributed by atoms with Crippen LogP contribution in [0.3, 0.4) is 0 Å². The van der Waals surface area contributed by atoms with E-state index in [0.29, 0.717) is 0 Å². The second kappa shape index (κ2) is 6.07. The van der Waals surface area contributed by atoms with E-state index >= 15 is 0 Å². The van der Waals surface area contributed by atoms with Gasteiger partial charge in [0.25, 0.3) is 0 Å². The molecule has 0 atom stereocenters. The minimum Gasteiger partial charge on any atom is -0.340 e. The van der Waals surface area contributed by atoms with Crippen LogP contribution in [0.2, 0.25) is 0 Å². The van der Waals surface area contributed by atoms with Gasteiger partial charge in [-0.05, 0) is 24.7 Å². The van der Waals surface area contributed by atoms with Gasteiger partial charge in [-0.3, -0.25) is 4.98 Å². The summed E-state index contributed by atoms with van der Waals surface area (Å²) >= 11 is 0. The van der Waals surface area contributed by atoms with Crippen LogP contribution in [0.15, 0.2) is 36.9 Å². The van der Waals surface area contributed by atoms with Crippen molar-refractivity contribution in [1.29, 1.82) is 0 Å². The lowest BCUT2D eigenvalue weighted by atomic mass is 10.2. The van der Waals surface area contributed by atoms with E-state index < -0.39 is 0 Å². The van der Waals surface area contributed by atoms with E-state index in [1.165, 1.54) is 5.56 Å². The zero-order chi connectivity index (χ0) is 12.8. The Morgan fingerprint density at radius 2 is 1.78 bits per heavy atom. The van der Waals surface area contributed by atoms with Crippen molar-refractivity contribution in [3.63, 3.8) is 0 Å². The maximum absolute atomic E-state index is 4.35. The average Bonchev–Trinajstić information content (AvgIpc) is 2.41. The van der Waals surface area contributed by atoms with Crippen molar-refractivity contribution in [2.24, 2.45) is 0 Å². The Morgan fingerprint density at radius 1 is 1.11 bits per heavy atom. The quantitative estimate of drug-likeness (QED) is 0.856. The van der Waals surface area contributed by atoms with Crippen LogP contribution >= 0.6 is 0 Å². The van der Waals surface area contributed by atoms with E-state index in [2.05, 4.69) is 20.3 Å². The Balaban J connectivity index is 2.02. The summed E-state index contributed by atoms with van der Waals surface area (Å²) < 4.78 is 0. The number of pyridine rings is 1. The summed E-state index contributed by atoms with van der Waals surface area (Å²) in [4.78, 5) is 14.7. The molecule has 2 aromatic rings. The summed E-state index contributed by atoms with van der Waals surface area (Å²) in [5.74, 6) is 0.728. The van der Waals surface area contributed by atoms with E-state index in [1.54, 1.807) is 12.4 Å². The topological polar surface area (TPSA) is 53.9 Å².